The van der Waals surface area contributed by atoms with Crippen LogP contribution in [0.4, 0.5) is 0 Å². The molecule has 7 nitrogen and oxygen atoms in total. The second-order valence-corrected chi connectivity index (χ2v) is 7.26. The van der Waals surface area contributed by atoms with E-state index in [4.69, 9.17) is 4.74 Å². The van der Waals surface area contributed by atoms with E-state index in [1.165, 1.54) is 0 Å². The molecule has 0 radical (unpaired) electrons. The Kier molecular flexibility index (Phi) is 6.38. The summed E-state index contributed by atoms with van der Waals surface area (Å²) >= 11 is 0. The lowest BCUT2D eigenvalue weighted by molar-refractivity contribution is -0.122. The standard InChI is InChI=1S/C22H27N5O2/c28-22(23-9-15-29-20-6-2-1-3-7-20)18-26-13-11-25(12-14-26)16-19-17-27-10-5-4-8-21(27)24-19/h1-8,10,17H,9,11-16,18H2,(H,23,28). The van der Waals surface area contributed by atoms with E-state index in [-0.39, 0.29) is 5.91 Å². The van der Waals surface area contributed by atoms with Crippen molar-refractivity contribution >= 4 is 11.6 Å². The van der Waals surface area contributed by atoms with Crippen LogP contribution in [0, 0.1) is 0 Å². The molecule has 1 saturated heterocycles. The minimum absolute atomic E-state index is 0.0514. The van der Waals surface area contributed by atoms with Crippen molar-refractivity contribution in [2.75, 3.05) is 45.9 Å². The summed E-state index contributed by atoms with van der Waals surface area (Å²) in [6.45, 7) is 5.94. The molecule has 7 heteroatoms. The second-order valence-electron chi connectivity index (χ2n) is 7.26. The fraction of sp³-hybridized carbons (Fsp3) is 0.364. The molecule has 0 saturated carbocycles. The smallest absolute Gasteiger partial charge is 0.234 e. The van der Waals surface area contributed by atoms with Gasteiger partial charge in [0.05, 0.1) is 18.8 Å². The summed E-state index contributed by atoms with van der Waals surface area (Å²) in [5, 5.41) is 2.93. The number of ether oxygens (including phenoxy) is 1. The van der Waals surface area contributed by atoms with Crippen molar-refractivity contribution in [3.05, 3.63) is 66.6 Å². The van der Waals surface area contributed by atoms with Gasteiger partial charge in [0, 0.05) is 45.1 Å². The molecule has 4 rings (SSSR count). The predicted molar refractivity (Wildman–Crippen MR) is 112 cm³/mol. The zero-order valence-electron chi connectivity index (χ0n) is 16.5. The lowest BCUT2D eigenvalue weighted by atomic mass is 10.3. The summed E-state index contributed by atoms with van der Waals surface area (Å²) in [5.41, 5.74) is 2.06. The molecule has 3 heterocycles. The molecule has 1 amide bonds. The van der Waals surface area contributed by atoms with Crippen molar-refractivity contribution in [1.82, 2.24) is 24.5 Å². The van der Waals surface area contributed by atoms with Crippen LogP contribution in [-0.2, 0) is 11.3 Å². The lowest BCUT2D eigenvalue weighted by Gasteiger charge is -2.33. The van der Waals surface area contributed by atoms with Gasteiger partial charge in [0.1, 0.15) is 18.0 Å². The highest BCUT2D eigenvalue weighted by atomic mass is 16.5. The number of para-hydroxylation sites is 1. The Bertz CT molecular complexity index is 886. The van der Waals surface area contributed by atoms with Gasteiger partial charge in [-0.3, -0.25) is 14.6 Å². The van der Waals surface area contributed by atoms with E-state index in [9.17, 15) is 4.79 Å². The van der Waals surface area contributed by atoms with Crippen LogP contribution in [0.3, 0.4) is 0 Å². The number of imidazole rings is 1. The summed E-state index contributed by atoms with van der Waals surface area (Å²) < 4.78 is 7.65. The summed E-state index contributed by atoms with van der Waals surface area (Å²) in [5.74, 6) is 0.874. The summed E-state index contributed by atoms with van der Waals surface area (Å²) in [6, 6.07) is 15.7. The maximum Gasteiger partial charge on any atom is 0.234 e. The maximum absolute atomic E-state index is 12.2. The van der Waals surface area contributed by atoms with Gasteiger partial charge >= 0.3 is 0 Å². The van der Waals surface area contributed by atoms with Gasteiger partial charge in [0.15, 0.2) is 0 Å². The quantitative estimate of drug-likeness (QED) is 0.590. The van der Waals surface area contributed by atoms with Crippen molar-refractivity contribution in [3.63, 3.8) is 0 Å². The van der Waals surface area contributed by atoms with Crippen LogP contribution in [0.5, 0.6) is 5.75 Å². The number of carbonyl (C=O) groups is 1. The number of aromatic nitrogens is 2. The van der Waals surface area contributed by atoms with E-state index in [1.54, 1.807) is 0 Å². The minimum atomic E-state index is 0.0514. The van der Waals surface area contributed by atoms with Crippen LogP contribution in [0.25, 0.3) is 5.65 Å². The first-order valence-corrected chi connectivity index (χ1v) is 10.1. The first-order chi connectivity index (χ1) is 14.3. The van der Waals surface area contributed by atoms with Gasteiger partial charge in [-0.2, -0.15) is 0 Å². The summed E-state index contributed by atoms with van der Waals surface area (Å²) in [4.78, 5) is 21.4. The van der Waals surface area contributed by atoms with Crippen molar-refractivity contribution in [2.24, 2.45) is 0 Å². The van der Waals surface area contributed by atoms with Crippen LogP contribution >= 0.6 is 0 Å². The number of piperazine rings is 1. The number of benzene rings is 1. The van der Waals surface area contributed by atoms with Crippen molar-refractivity contribution in [2.45, 2.75) is 6.54 Å². The zero-order valence-corrected chi connectivity index (χ0v) is 16.5. The third-order valence-electron chi connectivity index (χ3n) is 5.07. The van der Waals surface area contributed by atoms with E-state index in [1.807, 2.05) is 54.7 Å². The van der Waals surface area contributed by atoms with Gasteiger partial charge < -0.3 is 14.5 Å². The highest BCUT2D eigenvalue weighted by Crippen LogP contribution is 2.10. The van der Waals surface area contributed by atoms with Gasteiger partial charge in [0.2, 0.25) is 5.91 Å². The summed E-state index contributed by atoms with van der Waals surface area (Å²) in [6.07, 6.45) is 4.11. The van der Waals surface area contributed by atoms with Gasteiger partial charge in [-0.05, 0) is 24.3 Å². The summed E-state index contributed by atoms with van der Waals surface area (Å²) in [7, 11) is 0. The molecule has 1 N–H and O–H groups in total. The molecule has 152 valence electrons. The first kappa shape index (κ1) is 19.4. The highest BCUT2D eigenvalue weighted by molar-refractivity contribution is 5.78. The number of fused-ring (bicyclic) bond motifs is 1. The van der Waals surface area contributed by atoms with Crippen LogP contribution in [0.2, 0.25) is 0 Å². The van der Waals surface area contributed by atoms with Gasteiger partial charge in [-0.1, -0.05) is 24.3 Å². The Hall–Kier alpha value is -2.90. The van der Waals surface area contributed by atoms with Crippen LogP contribution in [-0.4, -0.2) is 71.0 Å². The molecule has 3 aromatic rings. The van der Waals surface area contributed by atoms with E-state index >= 15 is 0 Å². The number of hydrogen-bond donors (Lipinski definition) is 1. The number of amides is 1. The molecule has 29 heavy (non-hydrogen) atoms. The third-order valence-corrected chi connectivity index (χ3v) is 5.07. The number of nitrogens with one attached hydrogen (secondary N) is 1. The maximum atomic E-state index is 12.2. The van der Waals surface area contributed by atoms with E-state index in [0.717, 1.165) is 49.8 Å². The SMILES string of the molecule is O=C(CN1CCN(Cc2cn3ccccc3n2)CC1)NCCOc1ccccc1. The third kappa shape index (κ3) is 5.56. The molecule has 1 aliphatic heterocycles. The van der Waals surface area contributed by atoms with E-state index in [2.05, 4.69) is 30.7 Å². The normalized spacial score (nSPS) is 15.4. The Labute approximate surface area is 170 Å². The Balaban J connectivity index is 1.13. The molecule has 1 aromatic carbocycles. The monoisotopic (exact) mass is 393 g/mol. The average molecular weight is 393 g/mol. The lowest BCUT2D eigenvalue weighted by Crippen LogP contribution is -2.49. The molecule has 0 aliphatic carbocycles. The fourth-order valence-electron chi connectivity index (χ4n) is 3.53. The average Bonchev–Trinajstić information content (AvgIpc) is 3.16. The molecule has 1 aliphatic rings. The van der Waals surface area contributed by atoms with E-state index in [0.29, 0.717) is 19.7 Å². The van der Waals surface area contributed by atoms with Gasteiger partial charge in [0.25, 0.3) is 0 Å². The van der Waals surface area contributed by atoms with Crippen LogP contribution < -0.4 is 10.1 Å². The van der Waals surface area contributed by atoms with Crippen LogP contribution in [0.1, 0.15) is 5.69 Å². The molecule has 0 bridgehead atoms. The van der Waals surface area contributed by atoms with Crippen molar-refractivity contribution in [3.8, 4) is 5.75 Å². The molecule has 2 aromatic heterocycles. The number of pyridine rings is 1. The predicted octanol–water partition coefficient (Wildman–Crippen LogP) is 1.65. The Morgan fingerprint density at radius 1 is 1.00 bits per heavy atom. The zero-order chi connectivity index (χ0) is 19.9. The molecule has 1 fully saturated rings. The second kappa shape index (κ2) is 9.54. The molecular formula is C22H27N5O2. The molecular weight excluding hydrogens is 366 g/mol. The number of carbonyl (C=O) groups excluding carboxylic acids is 1. The minimum Gasteiger partial charge on any atom is -0.492 e. The first-order valence-electron chi connectivity index (χ1n) is 10.1. The number of nitrogens with zero attached hydrogens (tertiary/aromatic N) is 4. The largest absolute Gasteiger partial charge is 0.492 e. The van der Waals surface area contributed by atoms with Crippen molar-refractivity contribution < 1.29 is 9.53 Å². The van der Waals surface area contributed by atoms with E-state index < -0.39 is 0 Å². The number of hydrogen-bond acceptors (Lipinski definition) is 5. The topological polar surface area (TPSA) is 62.1 Å². The molecule has 0 unspecified atom stereocenters. The van der Waals surface area contributed by atoms with Gasteiger partial charge in [-0.15, -0.1) is 0 Å². The van der Waals surface area contributed by atoms with Crippen molar-refractivity contribution in [1.29, 1.82) is 0 Å². The number of rotatable bonds is 8. The Morgan fingerprint density at radius 2 is 1.76 bits per heavy atom. The fourth-order valence-corrected chi connectivity index (χ4v) is 3.53. The molecule has 0 spiro atoms. The van der Waals surface area contributed by atoms with Crippen LogP contribution in [0.15, 0.2) is 60.9 Å². The highest BCUT2D eigenvalue weighted by Gasteiger charge is 2.19. The molecule has 0 atom stereocenters. The Morgan fingerprint density at radius 3 is 2.55 bits per heavy atom. The van der Waals surface area contributed by atoms with Gasteiger partial charge in [-0.25, -0.2) is 4.98 Å².